The van der Waals surface area contributed by atoms with Gasteiger partial charge in [0, 0.05) is 6.07 Å². The van der Waals surface area contributed by atoms with Crippen LogP contribution in [-0.4, -0.2) is 42.2 Å². The minimum absolute atomic E-state index is 0.0216. The van der Waals surface area contributed by atoms with Gasteiger partial charge in [-0.1, -0.05) is 17.3 Å². The topological polar surface area (TPSA) is 119 Å². The number of aromatic nitrogens is 5. The Labute approximate surface area is 147 Å². The maximum absolute atomic E-state index is 13.0. The molecule has 1 fully saturated rings. The van der Waals surface area contributed by atoms with E-state index in [0.717, 1.165) is 4.90 Å². The lowest BCUT2D eigenvalue weighted by Crippen LogP contribution is -2.40. The molecule has 3 heterocycles. The number of aryl methyl sites for hydroxylation is 1. The van der Waals surface area contributed by atoms with E-state index in [4.69, 9.17) is 4.52 Å². The van der Waals surface area contributed by atoms with Crippen LogP contribution in [0.5, 0.6) is 0 Å². The van der Waals surface area contributed by atoms with Crippen LogP contribution in [0.4, 0.5) is 4.79 Å². The molecule has 0 spiro atoms. The number of benzene rings is 1. The molecule has 1 aliphatic rings. The van der Waals surface area contributed by atoms with Gasteiger partial charge in [0.2, 0.25) is 0 Å². The molecule has 2 aromatic heterocycles. The summed E-state index contributed by atoms with van der Waals surface area (Å²) in [6.45, 7) is 3.46. The van der Waals surface area contributed by atoms with E-state index < -0.39 is 11.6 Å². The number of hydrogen-bond acceptors (Lipinski definition) is 7. The average Bonchev–Trinajstić information content (AvgIpc) is 3.34. The summed E-state index contributed by atoms with van der Waals surface area (Å²) >= 11 is 0. The number of hydrogen-bond donors (Lipinski definition) is 1. The van der Waals surface area contributed by atoms with Crippen molar-refractivity contribution < 1.29 is 14.1 Å². The highest BCUT2D eigenvalue weighted by Gasteiger charge is 2.49. The number of nitrogens with one attached hydrogen (secondary N) is 1. The zero-order chi connectivity index (χ0) is 18.3. The van der Waals surface area contributed by atoms with E-state index in [9.17, 15) is 9.59 Å². The molecule has 3 aromatic rings. The molecule has 0 aliphatic carbocycles. The van der Waals surface area contributed by atoms with Crippen LogP contribution in [0.15, 0.2) is 41.2 Å². The Hall–Kier alpha value is -3.56. The second kappa shape index (κ2) is 5.76. The lowest BCUT2D eigenvalue weighted by atomic mass is 9.91. The summed E-state index contributed by atoms with van der Waals surface area (Å²) < 4.78 is 6.59. The maximum Gasteiger partial charge on any atom is 0.325 e. The summed E-state index contributed by atoms with van der Waals surface area (Å²) in [5.41, 5.74) is 0.792. The first-order chi connectivity index (χ1) is 12.5. The van der Waals surface area contributed by atoms with Crippen LogP contribution >= 0.6 is 0 Å². The SMILES string of the molecule is Cc1cc(CN2C(=O)N[C@@](C)(c3cccc(-n4cnnn4)c3)C2=O)on1. The molecule has 10 nitrogen and oxygen atoms in total. The van der Waals surface area contributed by atoms with E-state index >= 15 is 0 Å². The van der Waals surface area contributed by atoms with Gasteiger partial charge in [-0.2, -0.15) is 0 Å². The number of amides is 3. The first kappa shape index (κ1) is 15.9. The van der Waals surface area contributed by atoms with Crippen molar-refractivity contribution in [3.8, 4) is 5.69 Å². The van der Waals surface area contributed by atoms with E-state index in [1.807, 2.05) is 0 Å². The maximum atomic E-state index is 13.0. The number of carbonyl (C=O) groups excluding carboxylic acids is 2. The zero-order valence-corrected chi connectivity index (χ0v) is 14.1. The molecule has 0 radical (unpaired) electrons. The number of imide groups is 1. The molecule has 1 N–H and O–H groups in total. The van der Waals surface area contributed by atoms with Crippen LogP contribution in [0.3, 0.4) is 0 Å². The summed E-state index contributed by atoms with van der Waals surface area (Å²) in [7, 11) is 0. The van der Waals surface area contributed by atoms with Crippen LogP contribution in [0.2, 0.25) is 0 Å². The summed E-state index contributed by atoms with van der Waals surface area (Å²) in [4.78, 5) is 26.5. The molecule has 26 heavy (non-hydrogen) atoms. The zero-order valence-electron chi connectivity index (χ0n) is 14.1. The van der Waals surface area contributed by atoms with Gasteiger partial charge in [0.25, 0.3) is 5.91 Å². The molecule has 132 valence electrons. The van der Waals surface area contributed by atoms with Gasteiger partial charge in [0.1, 0.15) is 11.9 Å². The van der Waals surface area contributed by atoms with Crippen molar-refractivity contribution >= 4 is 11.9 Å². The van der Waals surface area contributed by atoms with E-state index in [2.05, 4.69) is 26.0 Å². The van der Waals surface area contributed by atoms with E-state index in [1.165, 1.54) is 11.0 Å². The van der Waals surface area contributed by atoms with Gasteiger partial charge in [0.05, 0.1) is 17.9 Å². The monoisotopic (exact) mass is 353 g/mol. The second-order valence-electron chi connectivity index (χ2n) is 6.19. The Kier molecular flexibility index (Phi) is 3.53. The highest BCUT2D eigenvalue weighted by molar-refractivity contribution is 6.07. The molecule has 10 heteroatoms. The molecule has 1 atom stereocenters. The molecule has 4 rings (SSSR count). The fourth-order valence-electron chi connectivity index (χ4n) is 2.92. The van der Waals surface area contributed by atoms with Crippen LogP contribution in [0, 0.1) is 6.92 Å². The van der Waals surface area contributed by atoms with E-state index in [-0.39, 0.29) is 12.5 Å². The third-order valence-electron chi connectivity index (χ3n) is 4.30. The Bertz CT molecular complexity index is 981. The molecule has 3 amide bonds. The lowest BCUT2D eigenvalue weighted by molar-refractivity contribution is -0.131. The highest BCUT2D eigenvalue weighted by Crippen LogP contribution is 2.30. The minimum Gasteiger partial charge on any atom is -0.359 e. The summed E-state index contributed by atoms with van der Waals surface area (Å²) in [5, 5.41) is 17.6. The molecule has 0 bridgehead atoms. The van der Waals surface area contributed by atoms with Gasteiger partial charge >= 0.3 is 6.03 Å². The minimum atomic E-state index is -1.20. The number of rotatable bonds is 4. The quantitative estimate of drug-likeness (QED) is 0.693. The van der Waals surface area contributed by atoms with Gasteiger partial charge in [-0.05, 0) is 42.0 Å². The van der Waals surface area contributed by atoms with Crippen LogP contribution in [0.25, 0.3) is 5.69 Å². The number of urea groups is 1. The Morgan fingerprint density at radius 2 is 2.12 bits per heavy atom. The Morgan fingerprint density at radius 3 is 2.81 bits per heavy atom. The molecular weight excluding hydrogens is 338 g/mol. The molecule has 0 unspecified atom stereocenters. The molecular formula is C16H15N7O3. The van der Waals surface area contributed by atoms with E-state index in [0.29, 0.717) is 22.7 Å². The number of tetrazole rings is 1. The molecule has 1 aromatic carbocycles. The Balaban J connectivity index is 1.65. The third kappa shape index (κ3) is 2.51. The Morgan fingerprint density at radius 1 is 1.27 bits per heavy atom. The summed E-state index contributed by atoms with van der Waals surface area (Å²) in [5.74, 6) is 0.0723. The van der Waals surface area contributed by atoms with Crippen molar-refractivity contribution in [2.45, 2.75) is 25.9 Å². The van der Waals surface area contributed by atoms with Gasteiger partial charge in [-0.25, -0.2) is 9.48 Å². The predicted octanol–water partition coefficient (Wildman–Crippen LogP) is 0.926. The lowest BCUT2D eigenvalue weighted by Gasteiger charge is -2.22. The van der Waals surface area contributed by atoms with Crippen molar-refractivity contribution in [2.24, 2.45) is 0 Å². The fraction of sp³-hybridized carbons (Fsp3) is 0.250. The van der Waals surface area contributed by atoms with Gasteiger partial charge in [0.15, 0.2) is 5.76 Å². The van der Waals surface area contributed by atoms with Crippen molar-refractivity contribution in [3.63, 3.8) is 0 Å². The summed E-state index contributed by atoms with van der Waals surface area (Å²) in [6, 6.07) is 8.32. The second-order valence-corrected chi connectivity index (χ2v) is 6.19. The first-order valence-corrected chi connectivity index (χ1v) is 7.87. The average molecular weight is 353 g/mol. The molecule has 0 saturated carbocycles. The van der Waals surface area contributed by atoms with Gasteiger partial charge in [-0.3, -0.25) is 9.69 Å². The van der Waals surface area contributed by atoms with Crippen molar-refractivity contribution in [3.05, 3.63) is 53.7 Å². The number of nitrogens with zero attached hydrogens (tertiary/aromatic N) is 6. The van der Waals surface area contributed by atoms with Crippen molar-refractivity contribution in [1.82, 2.24) is 35.6 Å². The first-order valence-electron chi connectivity index (χ1n) is 7.87. The standard InChI is InChI=1S/C16H15N7O3/c1-10-6-13(26-19-10)8-22-14(24)16(2,18-15(22)25)11-4-3-5-12(7-11)23-9-17-20-21-23/h3-7,9H,8H2,1-2H3,(H,18,25)/t16-/m0/s1. The van der Waals surface area contributed by atoms with Gasteiger partial charge < -0.3 is 9.84 Å². The predicted molar refractivity (Wildman–Crippen MR) is 86.8 cm³/mol. The molecule has 1 saturated heterocycles. The smallest absolute Gasteiger partial charge is 0.325 e. The van der Waals surface area contributed by atoms with Crippen molar-refractivity contribution in [1.29, 1.82) is 0 Å². The van der Waals surface area contributed by atoms with Crippen LogP contribution < -0.4 is 5.32 Å². The fourth-order valence-corrected chi connectivity index (χ4v) is 2.92. The van der Waals surface area contributed by atoms with E-state index in [1.54, 1.807) is 44.2 Å². The van der Waals surface area contributed by atoms with Gasteiger partial charge in [-0.15, -0.1) is 5.10 Å². The summed E-state index contributed by atoms with van der Waals surface area (Å²) in [6.07, 6.45) is 1.45. The van der Waals surface area contributed by atoms with Crippen LogP contribution in [-0.2, 0) is 16.9 Å². The highest BCUT2D eigenvalue weighted by atomic mass is 16.5. The van der Waals surface area contributed by atoms with Crippen LogP contribution in [0.1, 0.15) is 23.9 Å². The normalized spacial score (nSPS) is 19.8. The largest absolute Gasteiger partial charge is 0.359 e. The van der Waals surface area contributed by atoms with Crippen molar-refractivity contribution in [2.75, 3.05) is 0 Å². The molecule has 1 aliphatic heterocycles. The number of carbonyl (C=O) groups is 2. The third-order valence-corrected chi connectivity index (χ3v) is 4.30.